The first-order valence-electron chi connectivity index (χ1n) is 4.34. The highest BCUT2D eigenvalue weighted by Gasteiger charge is 2.26. The summed E-state index contributed by atoms with van der Waals surface area (Å²) in [5.41, 5.74) is 0. The third kappa shape index (κ3) is 2.14. The van der Waals surface area contributed by atoms with Crippen molar-refractivity contribution in [1.29, 1.82) is 0 Å². The standard InChI is InChI=1S/C8H16N2OS/c1-9-5-8(11)10-4-2-3-7(10)6-12/h7,9,12H,2-6H2,1H3/t7-/m0/s1. The summed E-state index contributed by atoms with van der Waals surface area (Å²) >= 11 is 4.22. The minimum Gasteiger partial charge on any atom is -0.338 e. The summed E-state index contributed by atoms with van der Waals surface area (Å²) in [5, 5.41) is 2.87. The molecule has 1 N–H and O–H groups in total. The Kier molecular flexibility index (Phi) is 3.88. The summed E-state index contributed by atoms with van der Waals surface area (Å²) in [4.78, 5) is 13.4. The van der Waals surface area contributed by atoms with Crippen LogP contribution in [0.1, 0.15) is 12.8 Å². The van der Waals surface area contributed by atoms with Gasteiger partial charge < -0.3 is 10.2 Å². The van der Waals surface area contributed by atoms with Crippen molar-refractivity contribution in [3.63, 3.8) is 0 Å². The zero-order chi connectivity index (χ0) is 8.97. The summed E-state index contributed by atoms with van der Waals surface area (Å²) < 4.78 is 0. The number of nitrogens with zero attached hydrogens (tertiary/aromatic N) is 1. The number of hydrogen-bond acceptors (Lipinski definition) is 3. The van der Waals surface area contributed by atoms with E-state index in [9.17, 15) is 4.79 Å². The van der Waals surface area contributed by atoms with Crippen molar-refractivity contribution in [2.75, 3.05) is 25.9 Å². The summed E-state index contributed by atoms with van der Waals surface area (Å²) in [6, 6.07) is 0.370. The zero-order valence-electron chi connectivity index (χ0n) is 7.42. The maximum atomic E-state index is 11.4. The molecule has 70 valence electrons. The van der Waals surface area contributed by atoms with E-state index in [1.807, 2.05) is 4.90 Å². The van der Waals surface area contributed by atoms with E-state index in [-0.39, 0.29) is 5.91 Å². The van der Waals surface area contributed by atoms with Crippen LogP contribution >= 0.6 is 12.6 Å². The second-order valence-electron chi connectivity index (χ2n) is 3.10. The van der Waals surface area contributed by atoms with Gasteiger partial charge in [-0.2, -0.15) is 12.6 Å². The summed E-state index contributed by atoms with van der Waals surface area (Å²) in [7, 11) is 1.80. The van der Waals surface area contributed by atoms with E-state index in [0.29, 0.717) is 12.6 Å². The van der Waals surface area contributed by atoms with Gasteiger partial charge in [0, 0.05) is 18.3 Å². The Labute approximate surface area is 78.9 Å². The van der Waals surface area contributed by atoms with Crippen LogP contribution in [0.15, 0.2) is 0 Å². The molecule has 0 aromatic heterocycles. The third-order valence-corrected chi connectivity index (χ3v) is 2.66. The first-order valence-corrected chi connectivity index (χ1v) is 4.97. The van der Waals surface area contributed by atoms with Gasteiger partial charge in [-0.15, -0.1) is 0 Å². The highest BCUT2D eigenvalue weighted by molar-refractivity contribution is 7.80. The van der Waals surface area contributed by atoms with Crippen LogP contribution in [0.5, 0.6) is 0 Å². The van der Waals surface area contributed by atoms with E-state index in [4.69, 9.17) is 0 Å². The minimum atomic E-state index is 0.203. The molecule has 0 aromatic rings. The Bertz CT molecular complexity index is 163. The SMILES string of the molecule is CNCC(=O)N1CCC[C@H]1CS. The fourth-order valence-corrected chi connectivity index (χ4v) is 1.99. The van der Waals surface area contributed by atoms with Gasteiger partial charge in [0.1, 0.15) is 0 Å². The minimum absolute atomic E-state index is 0.203. The maximum Gasteiger partial charge on any atom is 0.236 e. The number of rotatable bonds is 3. The van der Waals surface area contributed by atoms with Crippen LogP contribution < -0.4 is 5.32 Å². The molecule has 0 radical (unpaired) electrons. The lowest BCUT2D eigenvalue weighted by atomic mass is 10.2. The van der Waals surface area contributed by atoms with Crippen LogP contribution in [-0.4, -0.2) is 42.7 Å². The summed E-state index contributed by atoms with van der Waals surface area (Å²) in [5.74, 6) is 0.990. The van der Waals surface area contributed by atoms with Crippen molar-refractivity contribution in [2.45, 2.75) is 18.9 Å². The van der Waals surface area contributed by atoms with Gasteiger partial charge in [0.25, 0.3) is 0 Å². The highest BCUT2D eigenvalue weighted by Crippen LogP contribution is 2.17. The van der Waals surface area contributed by atoms with Crippen molar-refractivity contribution >= 4 is 18.5 Å². The Morgan fingerprint density at radius 1 is 1.75 bits per heavy atom. The van der Waals surface area contributed by atoms with Crippen molar-refractivity contribution in [3.8, 4) is 0 Å². The van der Waals surface area contributed by atoms with Crippen molar-refractivity contribution in [1.82, 2.24) is 10.2 Å². The van der Waals surface area contributed by atoms with E-state index in [0.717, 1.165) is 25.1 Å². The van der Waals surface area contributed by atoms with E-state index < -0.39 is 0 Å². The van der Waals surface area contributed by atoms with Gasteiger partial charge in [-0.25, -0.2) is 0 Å². The molecular weight excluding hydrogens is 172 g/mol. The van der Waals surface area contributed by atoms with Gasteiger partial charge in [0.15, 0.2) is 0 Å². The van der Waals surface area contributed by atoms with Gasteiger partial charge in [0.05, 0.1) is 6.54 Å². The lowest BCUT2D eigenvalue weighted by molar-refractivity contribution is -0.130. The second-order valence-corrected chi connectivity index (χ2v) is 3.46. The Hall–Kier alpha value is -0.220. The number of amides is 1. The lowest BCUT2D eigenvalue weighted by Gasteiger charge is -2.22. The molecule has 1 aliphatic rings. The number of likely N-dealkylation sites (N-methyl/N-ethyl adjacent to an activating group) is 1. The molecule has 1 fully saturated rings. The number of likely N-dealkylation sites (tertiary alicyclic amines) is 1. The number of nitrogens with one attached hydrogen (secondary N) is 1. The zero-order valence-corrected chi connectivity index (χ0v) is 8.31. The molecule has 0 unspecified atom stereocenters. The monoisotopic (exact) mass is 188 g/mol. The molecule has 0 aliphatic carbocycles. The molecule has 0 aromatic carbocycles. The molecule has 1 aliphatic heterocycles. The molecule has 0 spiro atoms. The van der Waals surface area contributed by atoms with Gasteiger partial charge in [0.2, 0.25) is 5.91 Å². The predicted octanol–water partition coefficient (Wildman–Crippen LogP) is 0.127. The van der Waals surface area contributed by atoms with E-state index >= 15 is 0 Å². The number of hydrogen-bond donors (Lipinski definition) is 2. The Balaban J connectivity index is 2.43. The molecule has 1 amide bonds. The fraction of sp³-hybridized carbons (Fsp3) is 0.875. The van der Waals surface area contributed by atoms with Crippen molar-refractivity contribution < 1.29 is 4.79 Å². The smallest absolute Gasteiger partial charge is 0.236 e. The summed E-state index contributed by atoms with van der Waals surface area (Å²) in [6.45, 7) is 1.36. The molecule has 4 heteroatoms. The molecule has 1 saturated heterocycles. The molecule has 12 heavy (non-hydrogen) atoms. The van der Waals surface area contributed by atoms with Crippen LogP contribution in [0.25, 0.3) is 0 Å². The van der Waals surface area contributed by atoms with E-state index in [2.05, 4.69) is 17.9 Å². The quantitative estimate of drug-likeness (QED) is 0.617. The molecule has 1 rings (SSSR count). The second kappa shape index (κ2) is 4.72. The predicted molar refractivity (Wildman–Crippen MR) is 52.5 cm³/mol. The van der Waals surface area contributed by atoms with E-state index in [1.165, 1.54) is 0 Å². The highest BCUT2D eigenvalue weighted by atomic mass is 32.1. The van der Waals surface area contributed by atoms with Gasteiger partial charge >= 0.3 is 0 Å². The lowest BCUT2D eigenvalue weighted by Crippen LogP contribution is -2.41. The number of carbonyl (C=O) groups is 1. The van der Waals surface area contributed by atoms with Crippen LogP contribution in [0.3, 0.4) is 0 Å². The Morgan fingerprint density at radius 3 is 3.08 bits per heavy atom. The number of carbonyl (C=O) groups excluding carboxylic acids is 1. The molecular formula is C8H16N2OS. The van der Waals surface area contributed by atoms with Crippen LogP contribution in [0.4, 0.5) is 0 Å². The molecule has 3 nitrogen and oxygen atoms in total. The average molecular weight is 188 g/mol. The first-order chi connectivity index (χ1) is 5.79. The van der Waals surface area contributed by atoms with Crippen molar-refractivity contribution in [2.24, 2.45) is 0 Å². The topological polar surface area (TPSA) is 32.3 Å². The molecule has 1 heterocycles. The molecule has 0 bridgehead atoms. The molecule has 0 saturated carbocycles. The fourth-order valence-electron chi connectivity index (χ4n) is 1.61. The van der Waals surface area contributed by atoms with E-state index in [1.54, 1.807) is 7.05 Å². The molecule has 1 atom stereocenters. The average Bonchev–Trinajstić information content (AvgIpc) is 2.51. The summed E-state index contributed by atoms with van der Waals surface area (Å²) in [6.07, 6.45) is 2.24. The van der Waals surface area contributed by atoms with Crippen LogP contribution in [0.2, 0.25) is 0 Å². The van der Waals surface area contributed by atoms with Gasteiger partial charge in [-0.1, -0.05) is 0 Å². The maximum absolute atomic E-state index is 11.4. The van der Waals surface area contributed by atoms with Gasteiger partial charge in [-0.05, 0) is 19.9 Å². The first kappa shape index (κ1) is 9.86. The largest absolute Gasteiger partial charge is 0.338 e. The third-order valence-electron chi connectivity index (χ3n) is 2.24. The van der Waals surface area contributed by atoms with Crippen molar-refractivity contribution in [3.05, 3.63) is 0 Å². The number of thiol groups is 1. The van der Waals surface area contributed by atoms with Crippen LogP contribution in [0, 0.1) is 0 Å². The van der Waals surface area contributed by atoms with Crippen LogP contribution in [-0.2, 0) is 4.79 Å². The van der Waals surface area contributed by atoms with Gasteiger partial charge in [-0.3, -0.25) is 4.79 Å². The normalized spacial score (nSPS) is 23.2. The Morgan fingerprint density at radius 2 is 2.50 bits per heavy atom.